The monoisotopic (exact) mass is 312 g/mol. The number of hydrogen-bond acceptors (Lipinski definition) is 4. The molecule has 0 fully saturated rings. The Morgan fingerprint density at radius 2 is 1.91 bits per heavy atom. The van der Waals surface area contributed by atoms with E-state index in [1.807, 2.05) is 32.0 Å². The van der Waals surface area contributed by atoms with E-state index >= 15 is 0 Å². The number of nitrogens with one attached hydrogen (secondary N) is 1. The van der Waals surface area contributed by atoms with E-state index in [9.17, 15) is 4.79 Å². The summed E-state index contributed by atoms with van der Waals surface area (Å²) in [5.41, 5.74) is 1.57. The maximum absolute atomic E-state index is 12.0. The molecule has 0 radical (unpaired) electrons. The van der Waals surface area contributed by atoms with Gasteiger partial charge in [0.2, 0.25) is 0 Å². The highest BCUT2D eigenvalue weighted by Gasteiger charge is 2.12. The van der Waals surface area contributed by atoms with Crippen molar-refractivity contribution >= 4 is 11.7 Å². The van der Waals surface area contributed by atoms with Crippen LogP contribution < -0.4 is 10.2 Å². The number of aromatic nitrogens is 2. The third-order valence-corrected chi connectivity index (χ3v) is 3.78. The van der Waals surface area contributed by atoms with Gasteiger partial charge in [-0.2, -0.15) is 0 Å². The molecule has 1 N–H and O–H groups in total. The van der Waals surface area contributed by atoms with Crippen molar-refractivity contribution in [2.45, 2.75) is 39.8 Å². The van der Waals surface area contributed by atoms with Crippen molar-refractivity contribution in [1.29, 1.82) is 0 Å². The van der Waals surface area contributed by atoms with Gasteiger partial charge in [-0.1, -0.05) is 37.3 Å². The van der Waals surface area contributed by atoms with Crippen molar-refractivity contribution in [3.05, 3.63) is 54.0 Å². The van der Waals surface area contributed by atoms with Crippen LogP contribution in [0.3, 0.4) is 0 Å². The highest BCUT2D eigenvalue weighted by Crippen LogP contribution is 2.13. The summed E-state index contributed by atoms with van der Waals surface area (Å²) >= 11 is 0. The van der Waals surface area contributed by atoms with E-state index in [0.717, 1.165) is 25.3 Å². The first-order valence-corrected chi connectivity index (χ1v) is 8.05. The van der Waals surface area contributed by atoms with Gasteiger partial charge in [0.25, 0.3) is 5.91 Å². The number of anilines is 1. The van der Waals surface area contributed by atoms with Crippen LogP contribution in [0.4, 0.5) is 5.82 Å². The molecule has 2 aromatic rings. The number of rotatable bonds is 7. The van der Waals surface area contributed by atoms with Crippen LogP contribution in [-0.4, -0.2) is 28.5 Å². The lowest BCUT2D eigenvalue weighted by molar-refractivity contribution is 0.0934. The molecule has 5 nitrogen and oxygen atoms in total. The van der Waals surface area contributed by atoms with Crippen molar-refractivity contribution in [1.82, 2.24) is 15.3 Å². The van der Waals surface area contributed by atoms with Crippen LogP contribution in [0.5, 0.6) is 0 Å². The maximum Gasteiger partial charge on any atom is 0.271 e. The largest absolute Gasteiger partial charge is 0.351 e. The average molecular weight is 312 g/mol. The summed E-state index contributed by atoms with van der Waals surface area (Å²) in [5, 5.41) is 2.89. The van der Waals surface area contributed by atoms with Crippen molar-refractivity contribution in [2.75, 3.05) is 11.4 Å². The SMILES string of the molecule is CCC(C)NC(=O)c1cnc(N(CC)Cc2ccccc2)cn1. The molecule has 0 aliphatic rings. The van der Waals surface area contributed by atoms with E-state index in [1.165, 1.54) is 5.56 Å². The third kappa shape index (κ3) is 4.77. The predicted octanol–water partition coefficient (Wildman–Crippen LogP) is 3.03. The maximum atomic E-state index is 12.0. The van der Waals surface area contributed by atoms with Gasteiger partial charge in [0.15, 0.2) is 0 Å². The Labute approximate surface area is 137 Å². The summed E-state index contributed by atoms with van der Waals surface area (Å²) in [7, 11) is 0. The van der Waals surface area contributed by atoms with Crippen LogP contribution in [0, 0.1) is 0 Å². The van der Waals surface area contributed by atoms with Gasteiger partial charge in [0.05, 0.1) is 12.4 Å². The Hall–Kier alpha value is -2.43. The highest BCUT2D eigenvalue weighted by atomic mass is 16.1. The van der Waals surface area contributed by atoms with Gasteiger partial charge < -0.3 is 10.2 Å². The van der Waals surface area contributed by atoms with Gasteiger partial charge in [0.1, 0.15) is 11.5 Å². The molecule has 23 heavy (non-hydrogen) atoms. The molecule has 0 saturated heterocycles. The first-order chi connectivity index (χ1) is 11.1. The second-order valence-electron chi connectivity index (χ2n) is 5.54. The fourth-order valence-corrected chi connectivity index (χ4v) is 2.16. The molecule has 5 heteroatoms. The average Bonchev–Trinajstić information content (AvgIpc) is 2.60. The first kappa shape index (κ1) is 16.9. The molecule has 1 atom stereocenters. The Balaban J connectivity index is 2.06. The van der Waals surface area contributed by atoms with E-state index < -0.39 is 0 Å². The molecule has 0 aliphatic heterocycles. The van der Waals surface area contributed by atoms with Crippen LogP contribution >= 0.6 is 0 Å². The molecule has 1 aromatic carbocycles. The summed E-state index contributed by atoms with van der Waals surface area (Å²) in [5.74, 6) is 0.598. The zero-order valence-corrected chi connectivity index (χ0v) is 14.0. The molecule has 0 saturated carbocycles. The number of carbonyl (C=O) groups excluding carboxylic acids is 1. The zero-order valence-electron chi connectivity index (χ0n) is 14.0. The molecule has 1 amide bonds. The van der Waals surface area contributed by atoms with Crippen LogP contribution in [0.2, 0.25) is 0 Å². The van der Waals surface area contributed by atoms with E-state index in [-0.39, 0.29) is 11.9 Å². The van der Waals surface area contributed by atoms with E-state index in [4.69, 9.17) is 0 Å². The quantitative estimate of drug-likeness (QED) is 0.854. The predicted molar refractivity (Wildman–Crippen MR) is 92.4 cm³/mol. The minimum atomic E-state index is -0.176. The molecule has 2 rings (SSSR count). The van der Waals surface area contributed by atoms with Gasteiger partial charge >= 0.3 is 0 Å². The van der Waals surface area contributed by atoms with E-state index in [2.05, 4.69) is 39.2 Å². The number of benzene rings is 1. The zero-order chi connectivity index (χ0) is 16.7. The summed E-state index contributed by atoms with van der Waals surface area (Å²) < 4.78 is 0. The normalized spacial score (nSPS) is 11.8. The Kier molecular flexibility index (Phi) is 6.09. The Morgan fingerprint density at radius 3 is 2.48 bits per heavy atom. The lowest BCUT2D eigenvalue weighted by Crippen LogP contribution is -2.32. The third-order valence-electron chi connectivity index (χ3n) is 3.78. The second-order valence-corrected chi connectivity index (χ2v) is 5.54. The van der Waals surface area contributed by atoms with Crippen molar-refractivity contribution in [3.8, 4) is 0 Å². The Morgan fingerprint density at radius 1 is 1.17 bits per heavy atom. The van der Waals surface area contributed by atoms with Gasteiger partial charge in [-0.3, -0.25) is 4.79 Å². The van der Waals surface area contributed by atoms with Crippen molar-refractivity contribution in [3.63, 3.8) is 0 Å². The fourth-order valence-electron chi connectivity index (χ4n) is 2.16. The van der Waals surface area contributed by atoms with Crippen LogP contribution in [-0.2, 0) is 6.54 Å². The lowest BCUT2D eigenvalue weighted by atomic mass is 10.2. The van der Waals surface area contributed by atoms with Gasteiger partial charge in [0, 0.05) is 19.1 Å². The molecule has 1 heterocycles. The molecular weight excluding hydrogens is 288 g/mol. The summed E-state index contributed by atoms with van der Waals surface area (Å²) in [6.07, 6.45) is 4.09. The van der Waals surface area contributed by atoms with Crippen molar-refractivity contribution in [2.24, 2.45) is 0 Å². The lowest BCUT2D eigenvalue weighted by Gasteiger charge is -2.21. The molecule has 0 aliphatic carbocycles. The van der Waals surface area contributed by atoms with Gasteiger partial charge in [-0.05, 0) is 25.8 Å². The van der Waals surface area contributed by atoms with Crippen LogP contribution in [0.25, 0.3) is 0 Å². The Bertz CT molecular complexity index is 613. The summed E-state index contributed by atoms with van der Waals surface area (Å²) in [6.45, 7) is 7.67. The van der Waals surface area contributed by atoms with E-state index in [1.54, 1.807) is 12.4 Å². The fraction of sp³-hybridized carbons (Fsp3) is 0.389. The molecule has 0 spiro atoms. The molecule has 1 unspecified atom stereocenters. The minimum Gasteiger partial charge on any atom is -0.351 e. The van der Waals surface area contributed by atoms with E-state index in [0.29, 0.717) is 5.69 Å². The smallest absolute Gasteiger partial charge is 0.271 e. The highest BCUT2D eigenvalue weighted by molar-refractivity contribution is 5.92. The standard InChI is InChI=1S/C18H24N4O/c1-4-14(3)21-18(23)16-11-20-17(12-19-16)22(5-2)13-15-9-7-6-8-10-15/h6-12,14H,4-5,13H2,1-3H3,(H,21,23). The van der Waals surface area contributed by atoms with Crippen LogP contribution in [0.15, 0.2) is 42.7 Å². The number of nitrogens with zero attached hydrogens (tertiary/aromatic N) is 3. The topological polar surface area (TPSA) is 58.1 Å². The summed E-state index contributed by atoms with van der Waals surface area (Å²) in [4.78, 5) is 22.8. The molecular formula is C18H24N4O. The summed E-state index contributed by atoms with van der Waals surface area (Å²) in [6, 6.07) is 10.4. The minimum absolute atomic E-state index is 0.134. The molecule has 1 aromatic heterocycles. The van der Waals surface area contributed by atoms with Gasteiger partial charge in [-0.15, -0.1) is 0 Å². The number of carbonyl (C=O) groups is 1. The second kappa shape index (κ2) is 8.27. The molecule has 0 bridgehead atoms. The molecule has 122 valence electrons. The van der Waals surface area contributed by atoms with Crippen molar-refractivity contribution < 1.29 is 4.79 Å². The first-order valence-electron chi connectivity index (χ1n) is 8.05. The van der Waals surface area contributed by atoms with Crippen LogP contribution in [0.1, 0.15) is 43.2 Å². The number of amides is 1. The number of hydrogen-bond donors (Lipinski definition) is 1. The van der Waals surface area contributed by atoms with Gasteiger partial charge in [-0.25, -0.2) is 9.97 Å².